The molecule has 2 rings (SSSR count). The molecule has 18 heavy (non-hydrogen) atoms. The zero-order valence-corrected chi connectivity index (χ0v) is 11.3. The molecule has 0 N–H and O–H groups in total. The summed E-state index contributed by atoms with van der Waals surface area (Å²) in [7, 11) is 0. The normalized spacial score (nSPS) is 21.2. The number of hydrogen-bond donors (Lipinski definition) is 0. The lowest BCUT2D eigenvalue weighted by molar-refractivity contribution is -0.0148. The Morgan fingerprint density at radius 2 is 2.28 bits per heavy atom. The maximum absolute atomic E-state index is 13.3. The number of benzene rings is 1. The fourth-order valence-electron chi connectivity index (χ4n) is 2.53. The van der Waals surface area contributed by atoms with E-state index in [4.69, 9.17) is 4.74 Å². The third-order valence-electron chi connectivity index (χ3n) is 3.66. The maximum Gasteiger partial charge on any atom is 0.123 e. The van der Waals surface area contributed by atoms with Crippen LogP contribution >= 0.6 is 0 Å². The van der Waals surface area contributed by atoms with Gasteiger partial charge in [-0.15, -0.1) is 0 Å². The van der Waals surface area contributed by atoms with Gasteiger partial charge in [0, 0.05) is 19.1 Å². The van der Waals surface area contributed by atoms with Crippen molar-refractivity contribution >= 4 is 0 Å². The van der Waals surface area contributed by atoms with Crippen molar-refractivity contribution < 1.29 is 9.13 Å². The van der Waals surface area contributed by atoms with Crippen LogP contribution in [0.3, 0.4) is 0 Å². The van der Waals surface area contributed by atoms with Crippen molar-refractivity contribution in [1.29, 1.82) is 0 Å². The molecule has 100 valence electrons. The quantitative estimate of drug-likeness (QED) is 0.815. The first-order valence-corrected chi connectivity index (χ1v) is 6.77. The van der Waals surface area contributed by atoms with Crippen molar-refractivity contribution in [1.82, 2.24) is 4.90 Å². The smallest absolute Gasteiger partial charge is 0.123 e. The van der Waals surface area contributed by atoms with Gasteiger partial charge in [-0.25, -0.2) is 4.39 Å². The number of hydrogen-bond acceptors (Lipinski definition) is 2. The van der Waals surface area contributed by atoms with Crippen LogP contribution in [0, 0.1) is 12.7 Å². The van der Waals surface area contributed by atoms with E-state index in [-0.39, 0.29) is 5.82 Å². The van der Waals surface area contributed by atoms with Crippen LogP contribution in [0.2, 0.25) is 0 Å². The Labute approximate surface area is 109 Å². The van der Waals surface area contributed by atoms with Gasteiger partial charge in [0.15, 0.2) is 0 Å². The van der Waals surface area contributed by atoms with E-state index in [0.29, 0.717) is 6.04 Å². The van der Waals surface area contributed by atoms with Gasteiger partial charge < -0.3 is 4.74 Å². The van der Waals surface area contributed by atoms with Crippen molar-refractivity contribution in [3.8, 4) is 0 Å². The second kappa shape index (κ2) is 6.30. The Morgan fingerprint density at radius 1 is 1.44 bits per heavy atom. The number of rotatable bonds is 4. The average molecular weight is 251 g/mol. The van der Waals surface area contributed by atoms with Crippen LogP contribution in [0.25, 0.3) is 0 Å². The van der Waals surface area contributed by atoms with Gasteiger partial charge in [-0.05, 0) is 36.6 Å². The molecule has 1 fully saturated rings. The highest BCUT2D eigenvalue weighted by molar-refractivity contribution is 5.26. The molecule has 1 aliphatic heterocycles. The molecule has 1 aliphatic rings. The number of morpholine rings is 1. The molecule has 0 aliphatic carbocycles. The summed E-state index contributed by atoms with van der Waals surface area (Å²) in [4.78, 5) is 2.43. The summed E-state index contributed by atoms with van der Waals surface area (Å²) in [6.07, 6.45) is 2.31. The Balaban J connectivity index is 2.08. The first-order chi connectivity index (χ1) is 8.70. The molecule has 2 nitrogen and oxygen atoms in total. The molecule has 1 aromatic rings. The first-order valence-electron chi connectivity index (χ1n) is 6.77. The third-order valence-corrected chi connectivity index (χ3v) is 3.66. The Morgan fingerprint density at radius 3 is 3.06 bits per heavy atom. The molecular weight excluding hydrogens is 229 g/mol. The van der Waals surface area contributed by atoms with Crippen LogP contribution in [0.15, 0.2) is 18.2 Å². The van der Waals surface area contributed by atoms with Crippen molar-refractivity contribution in [2.45, 2.75) is 39.3 Å². The highest BCUT2D eigenvalue weighted by atomic mass is 19.1. The summed E-state index contributed by atoms with van der Waals surface area (Å²) in [6.45, 7) is 7.61. The standard InChI is InChI=1S/C15H22FNO/c1-3-4-15-11-18-8-7-17(15)10-13-9-14(16)6-5-12(13)2/h5-6,9,15H,3-4,7-8,10-11H2,1-2H3/t15-/m1/s1. The first kappa shape index (κ1) is 13.5. The summed E-state index contributed by atoms with van der Waals surface area (Å²) < 4.78 is 18.8. The molecule has 1 heterocycles. The highest BCUT2D eigenvalue weighted by Gasteiger charge is 2.22. The van der Waals surface area contributed by atoms with Gasteiger partial charge in [0.25, 0.3) is 0 Å². The van der Waals surface area contributed by atoms with E-state index in [1.807, 2.05) is 13.0 Å². The Hall–Kier alpha value is -0.930. The third kappa shape index (κ3) is 3.30. The highest BCUT2D eigenvalue weighted by Crippen LogP contribution is 2.18. The molecule has 0 amide bonds. The predicted molar refractivity (Wildman–Crippen MR) is 71.1 cm³/mol. The van der Waals surface area contributed by atoms with Crippen molar-refractivity contribution in [2.24, 2.45) is 0 Å². The van der Waals surface area contributed by atoms with Crippen LogP contribution < -0.4 is 0 Å². The largest absolute Gasteiger partial charge is 0.378 e. The summed E-state index contributed by atoms with van der Waals surface area (Å²) >= 11 is 0. The van der Waals surface area contributed by atoms with Crippen molar-refractivity contribution in [2.75, 3.05) is 19.8 Å². The number of nitrogens with zero attached hydrogens (tertiary/aromatic N) is 1. The van der Waals surface area contributed by atoms with Gasteiger partial charge in [-0.1, -0.05) is 19.4 Å². The topological polar surface area (TPSA) is 12.5 Å². The second-order valence-electron chi connectivity index (χ2n) is 5.06. The molecule has 0 bridgehead atoms. The van der Waals surface area contributed by atoms with Gasteiger partial charge in [-0.3, -0.25) is 4.90 Å². The van der Waals surface area contributed by atoms with Crippen LogP contribution in [0.5, 0.6) is 0 Å². The predicted octanol–water partition coefficient (Wildman–Crippen LogP) is 3.14. The summed E-state index contributed by atoms with van der Waals surface area (Å²) in [5.74, 6) is -0.143. The lowest BCUT2D eigenvalue weighted by Crippen LogP contribution is -2.44. The number of aryl methyl sites for hydroxylation is 1. The average Bonchev–Trinajstić information content (AvgIpc) is 2.36. The minimum Gasteiger partial charge on any atom is -0.378 e. The Bertz CT molecular complexity index is 392. The Kier molecular flexibility index (Phi) is 4.72. The minimum atomic E-state index is -0.143. The fourth-order valence-corrected chi connectivity index (χ4v) is 2.53. The lowest BCUT2D eigenvalue weighted by atomic mass is 10.0. The van der Waals surface area contributed by atoms with Crippen molar-refractivity contribution in [3.63, 3.8) is 0 Å². The zero-order chi connectivity index (χ0) is 13.0. The number of halogens is 1. The van der Waals surface area contributed by atoms with Crippen LogP contribution in [0.1, 0.15) is 30.9 Å². The monoisotopic (exact) mass is 251 g/mol. The summed E-state index contributed by atoms with van der Waals surface area (Å²) in [5, 5.41) is 0. The molecule has 0 saturated carbocycles. The van der Waals surface area contributed by atoms with Crippen LogP contribution in [-0.2, 0) is 11.3 Å². The second-order valence-corrected chi connectivity index (χ2v) is 5.06. The molecular formula is C15H22FNO. The minimum absolute atomic E-state index is 0.143. The maximum atomic E-state index is 13.3. The summed E-state index contributed by atoms with van der Waals surface area (Å²) in [6, 6.07) is 5.53. The molecule has 0 spiro atoms. The van der Waals surface area contributed by atoms with E-state index in [0.717, 1.165) is 50.3 Å². The van der Waals surface area contributed by atoms with Crippen LogP contribution in [-0.4, -0.2) is 30.7 Å². The van der Waals surface area contributed by atoms with Gasteiger partial charge in [0.05, 0.1) is 13.2 Å². The molecule has 3 heteroatoms. The SMILES string of the molecule is CCC[C@@H]1COCCN1Cc1cc(F)ccc1C. The molecule has 1 atom stereocenters. The molecule has 1 saturated heterocycles. The van der Waals surface area contributed by atoms with Gasteiger partial charge in [0.1, 0.15) is 5.82 Å². The summed E-state index contributed by atoms with van der Waals surface area (Å²) in [5.41, 5.74) is 2.26. The molecule has 0 aromatic heterocycles. The molecule has 0 radical (unpaired) electrons. The molecule has 0 unspecified atom stereocenters. The van der Waals surface area contributed by atoms with E-state index in [1.54, 1.807) is 6.07 Å². The van der Waals surface area contributed by atoms with Gasteiger partial charge in [-0.2, -0.15) is 0 Å². The van der Waals surface area contributed by atoms with Gasteiger partial charge in [0.2, 0.25) is 0 Å². The van der Waals surface area contributed by atoms with Crippen molar-refractivity contribution in [3.05, 3.63) is 35.1 Å². The van der Waals surface area contributed by atoms with E-state index in [1.165, 1.54) is 6.07 Å². The van der Waals surface area contributed by atoms with Gasteiger partial charge >= 0.3 is 0 Å². The van der Waals surface area contributed by atoms with Crippen LogP contribution in [0.4, 0.5) is 4.39 Å². The zero-order valence-electron chi connectivity index (χ0n) is 11.3. The van der Waals surface area contributed by atoms with E-state index >= 15 is 0 Å². The molecule has 1 aromatic carbocycles. The fraction of sp³-hybridized carbons (Fsp3) is 0.600. The van der Waals surface area contributed by atoms with E-state index < -0.39 is 0 Å². The van der Waals surface area contributed by atoms with E-state index in [2.05, 4.69) is 11.8 Å². The lowest BCUT2D eigenvalue weighted by Gasteiger charge is -2.35. The number of ether oxygens (including phenoxy) is 1. The van der Waals surface area contributed by atoms with E-state index in [9.17, 15) is 4.39 Å².